The Kier molecular flexibility index (Phi) is 1.76. The van der Waals surface area contributed by atoms with Crippen molar-refractivity contribution in [3.8, 4) is 0 Å². The van der Waals surface area contributed by atoms with E-state index >= 15 is 0 Å². The molecule has 0 aromatic rings. The minimum absolute atomic E-state index is 0.578. The van der Waals surface area contributed by atoms with Gasteiger partial charge in [0.1, 0.15) is 0 Å². The molecule has 70 valence electrons. The molecule has 1 aliphatic carbocycles. The Morgan fingerprint density at radius 3 is 2.17 bits per heavy atom. The van der Waals surface area contributed by atoms with Crippen molar-refractivity contribution in [3.05, 3.63) is 0 Å². The van der Waals surface area contributed by atoms with E-state index < -0.39 is 0 Å². The summed E-state index contributed by atoms with van der Waals surface area (Å²) in [4.78, 5) is 0. The van der Waals surface area contributed by atoms with Gasteiger partial charge in [-0.3, -0.25) is 0 Å². The summed E-state index contributed by atoms with van der Waals surface area (Å²) in [5.74, 6) is 3.40. The predicted octanol–water partition coefficient (Wildman–Crippen LogP) is 2.56. The van der Waals surface area contributed by atoms with Gasteiger partial charge in [-0.2, -0.15) is 0 Å². The Bertz CT molecular complexity index is 177. The third-order valence-electron chi connectivity index (χ3n) is 4.48. The van der Waals surface area contributed by atoms with Gasteiger partial charge in [0.25, 0.3) is 0 Å². The zero-order chi connectivity index (χ0) is 8.93. The van der Waals surface area contributed by atoms with Crippen LogP contribution in [0.5, 0.6) is 0 Å². The fourth-order valence-corrected chi connectivity index (χ4v) is 3.27. The maximum absolute atomic E-state index is 5.64. The molecule has 1 heterocycles. The molecule has 0 amide bonds. The van der Waals surface area contributed by atoms with Gasteiger partial charge in [0.2, 0.25) is 0 Å². The van der Waals surface area contributed by atoms with Gasteiger partial charge in [-0.25, -0.2) is 0 Å². The highest BCUT2D eigenvalue weighted by molar-refractivity contribution is 5.12. The number of hydrogen-bond acceptors (Lipinski definition) is 1. The van der Waals surface area contributed by atoms with Gasteiger partial charge >= 0.3 is 0 Å². The standard InChI is InChI=1S/C11H20O/c1-7(2)10-5-12-6-11(10)8(3)9(11)4/h7-10H,5-6H2,1-4H3/t8?,9?,10-,11?/m1/s1. The number of rotatable bonds is 1. The summed E-state index contributed by atoms with van der Waals surface area (Å²) in [5, 5.41) is 0. The van der Waals surface area contributed by atoms with Crippen molar-refractivity contribution in [2.24, 2.45) is 29.1 Å². The first-order valence-corrected chi connectivity index (χ1v) is 5.18. The molecule has 12 heavy (non-hydrogen) atoms. The maximum atomic E-state index is 5.64. The van der Waals surface area contributed by atoms with Crippen LogP contribution in [-0.2, 0) is 4.74 Å². The molecule has 0 radical (unpaired) electrons. The zero-order valence-corrected chi connectivity index (χ0v) is 8.63. The van der Waals surface area contributed by atoms with Gasteiger partial charge in [0.05, 0.1) is 13.2 Å². The summed E-state index contributed by atoms with van der Waals surface area (Å²) in [6.07, 6.45) is 0. The quantitative estimate of drug-likeness (QED) is 0.584. The molecular weight excluding hydrogens is 148 g/mol. The van der Waals surface area contributed by atoms with E-state index in [0.717, 1.165) is 36.9 Å². The molecule has 2 fully saturated rings. The second kappa shape index (κ2) is 2.47. The van der Waals surface area contributed by atoms with E-state index in [1.165, 1.54) is 0 Å². The van der Waals surface area contributed by atoms with E-state index in [2.05, 4.69) is 27.7 Å². The molecule has 3 atom stereocenters. The first-order valence-electron chi connectivity index (χ1n) is 5.18. The van der Waals surface area contributed by atoms with E-state index in [9.17, 15) is 0 Å². The van der Waals surface area contributed by atoms with Crippen molar-refractivity contribution >= 4 is 0 Å². The lowest BCUT2D eigenvalue weighted by molar-refractivity contribution is 0.172. The summed E-state index contributed by atoms with van der Waals surface area (Å²) in [6, 6.07) is 0. The van der Waals surface area contributed by atoms with Crippen LogP contribution in [0.4, 0.5) is 0 Å². The summed E-state index contributed by atoms with van der Waals surface area (Å²) in [6.45, 7) is 11.5. The second-order valence-electron chi connectivity index (χ2n) is 5.06. The Labute approximate surface area is 75.5 Å². The molecule has 0 aromatic carbocycles. The molecular formula is C11H20O. The smallest absolute Gasteiger partial charge is 0.0531 e. The van der Waals surface area contributed by atoms with Crippen LogP contribution in [0.3, 0.4) is 0 Å². The molecule has 2 aliphatic rings. The molecule has 0 N–H and O–H groups in total. The average molecular weight is 168 g/mol. The van der Waals surface area contributed by atoms with Gasteiger partial charge in [0, 0.05) is 5.41 Å². The number of hydrogen-bond donors (Lipinski definition) is 0. The SMILES string of the molecule is CC(C)[C@H]1COCC12C(C)C2C. The van der Waals surface area contributed by atoms with Crippen molar-refractivity contribution in [1.29, 1.82) is 0 Å². The highest BCUT2D eigenvalue weighted by Gasteiger charge is 2.65. The Hall–Kier alpha value is -0.0400. The van der Waals surface area contributed by atoms with Crippen molar-refractivity contribution in [3.63, 3.8) is 0 Å². The minimum Gasteiger partial charge on any atom is -0.381 e. The predicted molar refractivity (Wildman–Crippen MR) is 49.9 cm³/mol. The fourth-order valence-electron chi connectivity index (χ4n) is 3.27. The monoisotopic (exact) mass is 168 g/mol. The summed E-state index contributed by atoms with van der Waals surface area (Å²) in [5.41, 5.74) is 0.578. The van der Waals surface area contributed by atoms with Gasteiger partial charge < -0.3 is 4.74 Å². The molecule has 0 bridgehead atoms. The molecule has 1 heteroatoms. The van der Waals surface area contributed by atoms with Gasteiger partial charge in [-0.1, -0.05) is 27.7 Å². The van der Waals surface area contributed by atoms with Gasteiger partial charge in [-0.05, 0) is 23.7 Å². The van der Waals surface area contributed by atoms with E-state index in [0.29, 0.717) is 5.41 Å². The second-order valence-corrected chi connectivity index (χ2v) is 5.06. The van der Waals surface area contributed by atoms with Crippen LogP contribution in [-0.4, -0.2) is 13.2 Å². The Morgan fingerprint density at radius 2 is 1.83 bits per heavy atom. The van der Waals surface area contributed by atoms with Gasteiger partial charge in [0.15, 0.2) is 0 Å². The van der Waals surface area contributed by atoms with Crippen LogP contribution in [0.15, 0.2) is 0 Å². The van der Waals surface area contributed by atoms with Crippen molar-refractivity contribution in [2.75, 3.05) is 13.2 Å². The lowest BCUT2D eigenvalue weighted by Gasteiger charge is -2.21. The van der Waals surface area contributed by atoms with Crippen molar-refractivity contribution in [2.45, 2.75) is 27.7 Å². The molecule has 1 spiro atoms. The van der Waals surface area contributed by atoms with Crippen LogP contribution in [0, 0.1) is 29.1 Å². The largest absolute Gasteiger partial charge is 0.381 e. The lowest BCUT2D eigenvalue weighted by Crippen LogP contribution is -2.22. The first-order chi connectivity index (χ1) is 5.60. The van der Waals surface area contributed by atoms with Crippen LogP contribution in [0.25, 0.3) is 0 Å². The van der Waals surface area contributed by atoms with E-state index in [-0.39, 0.29) is 0 Å². The highest BCUT2D eigenvalue weighted by atomic mass is 16.5. The summed E-state index contributed by atoms with van der Waals surface area (Å²) < 4.78 is 5.64. The molecule has 1 nitrogen and oxygen atoms in total. The third kappa shape index (κ3) is 0.834. The van der Waals surface area contributed by atoms with E-state index in [4.69, 9.17) is 4.74 Å². The maximum Gasteiger partial charge on any atom is 0.0531 e. The van der Waals surface area contributed by atoms with Crippen LogP contribution < -0.4 is 0 Å². The van der Waals surface area contributed by atoms with E-state index in [1.54, 1.807) is 0 Å². The van der Waals surface area contributed by atoms with Crippen LogP contribution in [0.1, 0.15) is 27.7 Å². The van der Waals surface area contributed by atoms with Crippen LogP contribution in [0.2, 0.25) is 0 Å². The molecule has 1 aliphatic heterocycles. The van der Waals surface area contributed by atoms with E-state index in [1.807, 2.05) is 0 Å². The molecule has 0 aromatic heterocycles. The fraction of sp³-hybridized carbons (Fsp3) is 1.00. The normalized spacial score (nSPS) is 52.2. The number of ether oxygens (including phenoxy) is 1. The van der Waals surface area contributed by atoms with Crippen molar-refractivity contribution in [1.82, 2.24) is 0 Å². The van der Waals surface area contributed by atoms with Gasteiger partial charge in [-0.15, -0.1) is 0 Å². The van der Waals surface area contributed by atoms with Crippen molar-refractivity contribution < 1.29 is 4.74 Å². The molecule has 2 unspecified atom stereocenters. The highest BCUT2D eigenvalue weighted by Crippen LogP contribution is 2.66. The molecule has 2 rings (SSSR count). The molecule has 1 saturated heterocycles. The Balaban J connectivity index is 2.16. The minimum atomic E-state index is 0.578. The Morgan fingerprint density at radius 1 is 1.25 bits per heavy atom. The zero-order valence-electron chi connectivity index (χ0n) is 8.63. The first kappa shape index (κ1) is 8.55. The topological polar surface area (TPSA) is 9.23 Å². The van der Waals surface area contributed by atoms with Crippen LogP contribution >= 0.6 is 0 Å². The average Bonchev–Trinajstić information content (AvgIpc) is 2.53. The third-order valence-corrected chi connectivity index (χ3v) is 4.48. The lowest BCUT2D eigenvalue weighted by atomic mass is 9.81. The summed E-state index contributed by atoms with van der Waals surface area (Å²) >= 11 is 0. The molecule has 1 saturated carbocycles. The summed E-state index contributed by atoms with van der Waals surface area (Å²) in [7, 11) is 0.